The molecule has 0 radical (unpaired) electrons. The number of aromatic nitrogens is 2. The summed E-state index contributed by atoms with van der Waals surface area (Å²) < 4.78 is 1.95. The number of anilines is 1. The van der Waals surface area contributed by atoms with Crippen molar-refractivity contribution >= 4 is 11.2 Å². The van der Waals surface area contributed by atoms with Crippen LogP contribution in [0.25, 0.3) is 16.9 Å². The van der Waals surface area contributed by atoms with E-state index >= 15 is 0 Å². The van der Waals surface area contributed by atoms with Crippen molar-refractivity contribution in [2.45, 2.75) is 0 Å². The molecule has 0 spiro atoms. The molecule has 1 aromatic carbocycles. The molecule has 3 aromatic rings. The highest BCUT2D eigenvalue weighted by Crippen LogP contribution is 2.24. The molecular weight excluding hydrogens is 248 g/mol. The van der Waals surface area contributed by atoms with Gasteiger partial charge in [-0.2, -0.15) is 5.26 Å². The van der Waals surface area contributed by atoms with Crippen molar-refractivity contribution in [1.29, 1.82) is 5.26 Å². The minimum absolute atomic E-state index is 0.456. The Hall–Kier alpha value is -2.80. The number of nitrogens with zero attached hydrogens (tertiary/aromatic N) is 4. The van der Waals surface area contributed by atoms with Crippen molar-refractivity contribution in [2.75, 3.05) is 19.0 Å². The first kappa shape index (κ1) is 12.2. The molecule has 20 heavy (non-hydrogen) atoms. The molecule has 0 saturated carbocycles. The van der Waals surface area contributed by atoms with Crippen LogP contribution in [0, 0.1) is 11.3 Å². The molecule has 3 rings (SSSR count). The van der Waals surface area contributed by atoms with Gasteiger partial charge in [0, 0.05) is 31.5 Å². The molecule has 0 unspecified atom stereocenters. The Kier molecular flexibility index (Phi) is 2.88. The first-order valence-corrected chi connectivity index (χ1v) is 6.35. The van der Waals surface area contributed by atoms with Gasteiger partial charge in [-0.05, 0) is 36.4 Å². The Balaban J connectivity index is 2.17. The second kappa shape index (κ2) is 4.71. The maximum atomic E-state index is 9.18. The minimum Gasteiger partial charge on any atom is -0.378 e. The predicted octanol–water partition coefficient (Wildman–Crippen LogP) is 2.94. The van der Waals surface area contributed by atoms with E-state index < -0.39 is 0 Å². The Morgan fingerprint density at radius 1 is 1.10 bits per heavy atom. The van der Waals surface area contributed by atoms with Gasteiger partial charge in [0.15, 0.2) is 5.69 Å². The summed E-state index contributed by atoms with van der Waals surface area (Å²) in [4.78, 5) is 6.49. The molecule has 98 valence electrons. The molecule has 0 saturated heterocycles. The topological polar surface area (TPSA) is 44.3 Å². The average Bonchev–Trinajstić information content (AvgIpc) is 2.86. The normalized spacial score (nSPS) is 10.4. The fourth-order valence-electron chi connectivity index (χ4n) is 2.23. The summed E-state index contributed by atoms with van der Waals surface area (Å²) in [7, 11) is 4.02. The summed E-state index contributed by atoms with van der Waals surface area (Å²) in [6, 6.07) is 16.1. The first-order chi connectivity index (χ1) is 9.70. The van der Waals surface area contributed by atoms with E-state index in [9.17, 15) is 5.26 Å². The van der Waals surface area contributed by atoms with Crippen LogP contribution >= 0.6 is 0 Å². The van der Waals surface area contributed by atoms with Gasteiger partial charge in [0.25, 0.3) is 0 Å². The quantitative estimate of drug-likeness (QED) is 0.713. The first-order valence-electron chi connectivity index (χ1n) is 6.35. The molecule has 0 bridgehead atoms. The van der Waals surface area contributed by atoms with Crippen LogP contribution in [0.15, 0.2) is 48.7 Å². The fraction of sp³-hybridized carbons (Fsp3) is 0.125. The highest BCUT2D eigenvalue weighted by Gasteiger charge is 2.11. The number of imidazole rings is 1. The van der Waals surface area contributed by atoms with E-state index in [1.165, 1.54) is 0 Å². The van der Waals surface area contributed by atoms with E-state index in [-0.39, 0.29) is 0 Å². The number of hydrogen-bond donors (Lipinski definition) is 0. The van der Waals surface area contributed by atoms with Crippen LogP contribution in [-0.4, -0.2) is 23.5 Å². The van der Waals surface area contributed by atoms with Gasteiger partial charge < -0.3 is 4.90 Å². The molecule has 0 N–H and O–H groups in total. The lowest BCUT2D eigenvalue weighted by atomic mass is 10.2. The zero-order chi connectivity index (χ0) is 14.1. The summed E-state index contributed by atoms with van der Waals surface area (Å²) in [6.45, 7) is 0. The molecule has 0 amide bonds. The van der Waals surface area contributed by atoms with Gasteiger partial charge in [-0.25, -0.2) is 4.98 Å². The van der Waals surface area contributed by atoms with E-state index in [2.05, 4.69) is 11.1 Å². The smallest absolute Gasteiger partial charge is 0.166 e. The lowest BCUT2D eigenvalue weighted by Gasteiger charge is -2.12. The van der Waals surface area contributed by atoms with Gasteiger partial charge in [0.1, 0.15) is 11.9 Å². The van der Waals surface area contributed by atoms with Crippen LogP contribution in [0.4, 0.5) is 5.69 Å². The number of pyridine rings is 1. The highest BCUT2D eigenvalue weighted by molar-refractivity contribution is 5.69. The maximum Gasteiger partial charge on any atom is 0.166 e. The van der Waals surface area contributed by atoms with Crippen molar-refractivity contribution < 1.29 is 0 Å². The van der Waals surface area contributed by atoms with Crippen LogP contribution in [0.5, 0.6) is 0 Å². The Morgan fingerprint density at radius 2 is 1.85 bits per heavy atom. The SMILES string of the molecule is CN(C)c1ccc(-c2nc(C#N)c3ccccn23)cc1. The average molecular weight is 262 g/mol. The predicted molar refractivity (Wildman–Crippen MR) is 79.7 cm³/mol. The largest absolute Gasteiger partial charge is 0.378 e. The van der Waals surface area contributed by atoms with Gasteiger partial charge >= 0.3 is 0 Å². The summed E-state index contributed by atoms with van der Waals surface area (Å²) in [5.74, 6) is 0.794. The third-order valence-electron chi connectivity index (χ3n) is 3.30. The van der Waals surface area contributed by atoms with Crippen molar-refractivity contribution in [1.82, 2.24) is 9.38 Å². The Morgan fingerprint density at radius 3 is 2.50 bits per heavy atom. The maximum absolute atomic E-state index is 9.18. The van der Waals surface area contributed by atoms with Gasteiger partial charge in [-0.15, -0.1) is 0 Å². The summed E-state index contributed by atoms with van der Waals surface area (Å²) in [6.07, 6.45) is 1.93. The summed E-state index contributed by atoms with van der Waals surface area (Å²) in [5, 5.41) is 9.18. The van der Waals surface area contributed by atoms with E-state index in [0.717, 1.165) is 22.6 Å². The molecule has 0 aliphatic carbocycles. The third kappa shape index (κ3) is 1.90. The van der Waals surface area contributed by atoms with Gasteiger partial charge in [-0.3, -0.25) is 4.40 Å². The number of nitriles is 1. The van der Waals surface area contributed by atoms with Gasteiger partial charge in [0.2, 0.25) is 0 Å². The molecule has 4 heteroatoms. The standard InChI is InChI=1S/C16H14N4/c1-19(2)13-8-6-12(7-9-13)16-18-14(11-17)15-5-3-4-10-20(15)16/h3-10H,1-2H3. The number of hydrogen-bond acceptors (Lipinski definition) is 3. The van der Waals surface area contributed by atoms with E-state index in [4.69, 9.17) is 0 Å². The molecule has 2 heterocycles. The molecule has 4 nitrogen and oxygen atoms in total. The molecule has 0 aliphatic rings. The number of rotatable bonds is 2. The van der Waals surface area contributed by atoms with Crippen LogP contribution < -0.4 is 4.90 Å². The van der Waals surface area contributed by atoms with Gasteiger partial charge in [0.05, 0.1) is 5.52 Å². The molecule has 0 atom stereocenters. The van der Waals surface area contributed by atoms with E-state index in [0.29, 0.717) is 5.69 Å². The molecule has 2 aromatic heterocycles. The van der Waals surface area contributed by atoms with Crippen LogP contribution in [-0.2, 0) is 0 Å². The van der Waals surface area contributed by atoms with Crippen molar-refractivity contribution in [3.63, 3.8) is 0 Å². The second-order valence-electron chi connectivity index (χ2n) is 4.79. The lowest BCUT2D eigenvalue weighted by Crippen LogP contribution is -2.08. The van der Waals surface area contributed by atoms with Crippen LogP contribution in [0.1, 0.15) is 5.69 Å². The summed E-state index contributed by atoms with van der Waals surface area (Å²) in [5.41, 5.74) is 3.42. The van der Waals surface area contributed by atoms with Crippen molar-refractivity contribution in [3.05, 3.63) is 54.4 Å². The zero-order valence-electron chi connectivity index (χ0n) is 11.4. The van der Waals surface area contributed by atoms with E-state index in [1.54, 1.807) is 0 Å². The fourth-order valence-corrected chi connectivity index (χ4v) is 2.23. The van der Waals surface area contributed by atoms with Crippen LogP contribution in [0.2, 0.25) is 0 Å². The minimum atomic E-state index is 0.456. The van der Waals surface area contributed by atoms with Gasteiger partial charge in [-0.1, -0.05) is 6.07 Å². The van der Waals surface area contributed by atoms with Crippen molar-refractivity contribution in [2.24, 2.45) is 0 Å². The monoisotopic (exact) mass is 262 g/mol. The van der Waals surface area contributed by atoms with Crippen LogP contribution in [0.3, 0.4) is 0 Å². The Labute approximate surface area is 117 Å². The second-order valence-corrected chi connectivity index (χ2v) is 4.79. The zero-order valence-corrected chi connectivity index (χ0v) is 11.4. The van der Waals surface area contributed by atoms with E-state index in [1.807, 2.05) is 72.1 Å². The van der Waals surface area contributed by atoms with Crippen molar-refractivity contribution in [3.8, 4) is 17.5 Å². The Bertz CT molecular complexity index is 791. The molecule has 0 aliphatic heterocycles. The molecule has 0 fully saturated rings. The number of benzene rings is 1. The lowest BCUT2D eigenvalue weighted by molar-refractivity contribution is 1.13. The third-order valence-corrected chi connectivity index (χ3v) is 3.30. The summed E-state index contributed by atoms with van der Waals surface area (Å²) >= 11 is 0. The number of fused-ring (bicyclic) bond motifs is 1. The molecular formula is C16H14N4. The highest BCUT2D eigenvalue weighted by atomic mass is 15.1.